The lowest BCUT2D eigenvalue weighted by Crippen LogP contribution is -2.43. The molecule has 0 bridgehead atoms. The summed E-state index contributed by atoms with van der Waals surface area (Å²) in [5.41, 5.74) is 2.55. The maximum atomic E-state index is 12.6. The van der Waals surface area contributed by atoms with Crippen LogP contribution in [0.2, 0.25) is 0 Å². The van der Waals surface area contributed by atoms with E-state index in [1.807, 2.05) is 78.9 Å². The molecule has 2 aromatic carbocycles. The highest BCUT2D eigenvalue weighted by molar-refractivity contribution is 5.89. The van der Waals surface area contributed by atoms with Gasteiger partial charge in [-0.2, -0.15) is 0 Å². The van der Waals surface area contributed by atoms with Crippen LogP contribution in [0.25, 0.3) is 0 Å². The lowest BCUT2D eigenvalue weighted by atomic mass is 10.0. The molecule has 29 heavy (non-hydrogen) atoms. The average Bonchev–Trinajstić information content (AvgIpc) is 2.79. The number of nitrogens with one attached hydrogen (secondary N) is 3. The normalized spacial score (nSPS) is 12.6. The molecular weight excluding hydrogens is 364 g/mol. The zero-order valence-electron chi connectivity index (χ0n) is 16.2. The number of amides is 2. The third kappa shape index (κ3) is 5.49. The van der Waals surface area contributed by atoms with E-state index in [0.29, 0.717) is 0 Å². The minimum atomic E-state index is -0.750. The van der Waals surface area contributed by atoms with E-state index in [9.17, 15) is 9.59 Å². The van der Waals surface area contributed by atoms with Gasteiger partial charge in [-0.25, -0.2) is 0 Å². The third-order valence-electron chi connectivity index (χ3n) is 4.53. The van der Waals surface area contributed by atoms with Gasteiger partial charge in [-0.05, 0) is 23.3 Å². The molecule has 0 saturated heterocycles. The molecule has 0 spiro atoms. The van der Waals surface area contributed by atoms with Crippen LogP contribution in [0.4, 0.5) is 0 Å². The summed E-state index contributed by atoms with van der Waals surface area (Å²) in [6.07, 6.45) is 1.73. The van der Waals surface area contributed by atoms with Crippen LogP contribution in [-0.4, -0.2) is 30.4 Å². The maximum absolute atomic E-state index is 12.6. The van der Waals surface area contributed by atoms with E-state index in [1.165, 1.54) is 0 Å². The predicted octanol–water partition coefficient (Wildman–Crippen LogP) is 2.36. The lowest BCUT2D eigenvalue weighted by molar-refractivity contribution is -0.128. The van der Waals surface area contributed by atoms with E-state index in [1.54, 1.807) is 13.2 Å². The Morgan fingerprint density at radius 1 is 0.862 bits per heavy atom. The summed E-state index contributed by atoms with van der Waals surface area (Å²) < 4.78 is 0. The van der Waals surface area contributed by atoms with Crippen molar-refractivity contribution in [1.82, 2.24) is 20.9 Å². The van der Waals surface area contributed by atoms with E-state index < -0.39 is 6.04 Å². The highest BCUT2D eigenvalue weighted by Crippen LogP contribution is 2.19. The predicted molar refractivity (Wildman–Crippen MR) is 112 cm³/mol. The number of carbonyl (C=O) groups is 2. The van der Waals surface area contributed by atoms with Gasteiger partial charge in [-0.15, -0.1) is 0 Å². The standard InChI is InChI=1S/C23H24N4O2/c1-24-23(29)22(18-12-6-3-7-13-18)27-20(28)16-26-21(17-10-4-2-5-11-17)19-14-8-9-15-25-19/h2-15,21-22,26H,16H2,1H3,(H,24,29)(H,27,28). The molecule has 0 aliphatic heterocycles. The van der Waals surface area contributed by atoms with Crippen LogP contribution >= 0.6 is 0 Å². The van der Waals surface area contributed by atoms with Gasteiger partial charge in [0.15, 0.2) is 0 Å². The molecule has 1 aromatic heterocycles. The van der Waals surface area contributed by atoms with Crippen molar-refractivity contribution in [3.63, 3.8) is 0 Å². The zero-order valence-corrected chi connectivity index (χ0v) is 16.2. The number of aromatic nitrogens is 1. The highest BCUT2D eigenvalue weighted by Gasteiger charge is 2.22. The van der Waals surface area contributed by atoms with Gasteiger partial charge in [0.2, 0.25) is 11.8 Å². The molecule has 0 saturated carbocycles. The zero-order chi connectivity index (χ0) is 20.5. The Labute approximate surface area is 170 Å². The largest absolute Gasteiger partial charge is 0.357 e. The minimum absolute atomic E-state index is 0.0382. The van der Waals surface area contributed by atoms with Crippen molar-refractivity contribution in [3.8, 4) is 0 Å². The lowest BCUT2D eigenvalue weighted by Gasteiger charge is -2.21. The molecule has 3 N–H and O–H groups in total. The number of nitrogens with zero attached hydrogens (tertiary/aromatic N) is 1. The van der Waals surface area contributed by atoms with Crippen LogP contribution in [0.15, 0.2) is 85.1 Å². The topological polar surface area (TPSA) is 83.1 Å². The summed E-state index contributed by atoms with van der Waals surface area (Å²) in [7, 11) is 1.55. The van der Waals surface area contributed by atoms with Crippen LogP contribution in [0.3, 0.4) is 0 Å². The second kappa shape index (κ2) is 10.1. The van der Waals surface area contributed by atoms with Gasteiger partial charge in [-0.3, -0.25) is 19.9 Å². The Morgan fingerprint density at radius 3 is 2.07 bits per heavy atom. The third-order valence-corrected chi connectivity index (χ3v) is 4.53. The Morgan fingerprint density at radius 2 is 1.48 bits per heavy atom. The van der Waals surface area contributed by atoms with Gasteiger partial charge in [0.1, 0.15) is 6.04 Å². The molecule has 2 atom stereocenters. The molecule has 3 rings (SSSR count). The molecule has 2 amide bonds. The second-order valence-corrected chi connectivity index (χ2v) is 6.50. The van der Waals surface area contributed by atoms with E-state index in [4.69, 9.17) is 0 Å². The van der Waals surface area contributed by atoms with E-state index >= 15 is 0 Å². The van der Waals surface area contributed by atoms with Crippen LogP contribution in [0, 0.1) is 0 Å². The fourth-order valence-electron chi connectivity index (χ4n) is 3.08. The Hall–Kier alpha value is -3.51. The molecular formula is C23H24N4O2. The maximum Gasteiger partial charge on any atom is 0.246 e. The molecule has 6 nitrogen and oxygen atoms in total. The number of rotatable bonds is 8. The summed E-state index contributed by atoms with van der Waals surface area (Å²) >= 11 is 0. The average molecular weight is 388 g/mol. The quantitative estimate of drug-likeness (QED) is 0.553. The van der Waals surface area contributed by atoms with Gasteiger partial charge in [-0.1, -0.05) is 66.7 Å². The Bertz CT molecular complexity index is 878. The minimum Gasteiger partial charge on any atom is -0.357 e. The number of pyridine rings is 1. The molecule has 0 radical (unpaired) electrons. The first kappa shape index (κ1) is 20.2. The van der Waals surface area contributed by atoms with Crippen molar-refractivity contribution >= 4 is 11.8 Å². The van der Waals surface area contributed by atoms with Crippen LogP contribution in [0.5, 0.6) is 0 Å². The van der Waals surface area contributed by atoms with Crippen LogP contribution in [-0.2, 0) is 9.59 Å². The molecule has 3 aromatic rings. The molecule has 0 aliphatic carbocycles. The molecule has 0 aliphatic rings. The number of hydrogen-bond acceptors (Lipinski definition) is 4. The van der Waals surface area contributed by atoms with Crippen LogP contribution in [0.1, 0.15) is 28.9 Å². The first-order chi connectivity index (χ1) is 14.2. The fourth-order valence-corrected chi connectivity index (χ4v) is 3.08. The van der Waals surface area contributed by atoms with Crippen molar-refractivity contribution in [2.45, 2.75) is 12.1 Å². The fraction of sp³-hybridized carbons (Fsp3) is 0.174. The van der Waals surface area contributed by atoms with Gasteiger partial charge >= 0.3 is 0 Å². The molecule has 2 unspecified atom stereocenters. The summed E-state index contributed by atoms with van der Waals surface area (Å²) in [5, 5.41) is 8.67. The number of carbonyl (C=O) groups excluding carboxylic acids is 2. The van der Waals surface area contributed by atoms with Crippen molar-refractivity contribution in [2.75, 3.05) is 13.6 Å². The van der Waals surface area contributed by atoms with Crippen molar-refractivity contribution in [3.05, 3.63) is 102 Å². The van der Waals surface area contributed by atoms with Crippen molar-refractivity contribution < 1.29 is 9.59 Å². The number of hydrogen-bond donors (Lipinski definition) is 3. The van der Waals surface area contributed by atoms with E-state index in [2.05, 4.69) is 20.9 Å². The van der Waals surface area contributed by atoms with Crippen molar-refractivity contribution in [1.29, 1.82) is 0 Å². The molecule has 148 valence electrons. The van der Waals surface area contributed by atoms with Gasteiger partial charge < -0.3 is 10.6 Å². The summed E-state index contributed by atoms with van der Waals surface area (Å²) in [6, 6.07) is 23.7. The Balaban J connectivity index is 1.72. The monoisotopic (exact) mass is 388 g/mol. The van der Waals surface area contributed by atoms with Gasteiger partial charge in [0, 0.05) is 13.2 Å². The number of likely N-dealkylation sites (N-methyl/N-ethyl adjacent to an activating group) is 1. The first-order valence-corrected chi connectivity index (χ1v) is 9.44. The highest BCUT2D eigenvalue weighted by atomic mass is 16.2. The van der Waals surface area contributed by atoms with Crippen molar-refractivity contribution in [2.24, 2.45) is 0 Å². The SMILES string of the molecule is CNC(=O)C(NC(=O)CNC(c1ccccc1)c1ccccn1)c1ccccc1. The van der Waals surface area contributed by atoms with E-state index in [-0.39, 0.29) is 24.4 Å². The molecule has 1 heterocycles. The molecule has 0 fully saturated rings. The number of benzene rings is 2. The van der Waals surface area contributed by atoms with Crippen LogP contribution < -0.4 is 16.0 Å². The molecule has 6 heteroatoms. The van der Waals surface area contributed by atoms with Gasteiger partial charge in [0.05, 0.1) is 18.3 Å². The second-order valence-electron chi connectivity index (χ2n) is 6.50. The summed E-state index contributed by atoms with van der Waals surface area (Å²) in [6.45, 7) is 0.0382. The Kier molecular flexibility index (Phi) is 7.08. The van der Waals surface area contributed by atoms with E-state index in [0.717, 1.165) is 16.8 Å². The first-order valence-electron chi connectivity index (χ1n) is 9.44. The summed E-state index contributed by atoms with van der Waals surface area (Å²) in [4.78, 5) is 29.3. The van der Waals surface area contributed by atoms with Gasteiger partial charge in [0.25, 0.3) is 0 Å². The smallest absolute Gasteiger partial charge is 0.246 e. The summed E-state index contributed by atoms with van der Waals surface area (Å²) in [5.74, 6) is -0.548.